The van der Waals surface area contributed by atoms with Crippen LogP contribution in [0.25, 0.3) is 0 Å². The number of hydrogen-bond donors (Lipinski definition) is 3. The van der Waals surface area contributed by atoms with Gasteiger partial charge in [0.2, 0.25) is 5.91 Å². The molecule has 3 aromatic rings. The molecule has 1 fully saturated rings. The summed E-state index contributed by atoms with van der Waals surface area (Å²) < 4.78 is 12.9. The Labute approximate surface area is 218 Å². The highest BCUT2D eigenvalue weighted by Crippen LogP contribution is 2.39. The quantitative estimate of drug-likeness (QED) is 0.390. The van der Waals surface area contributed by atoms with Gasteiger partial charge in [-0.05, 0) is 42.8 Å². The first-order chi connectivity index (χ1) is 17.8. The van der Waals surface area contributed by atoms with Gasteiger partial charge in [0.25, 0.3) is 0 Å². The lowest BCUT2D eigenvalue weighted by Gasteiger charge is -2.39. The third-order valence-corrected chi connectivity index (χ3v) is 6.88. The van der Waals surface area contributed by atoms with E-state index >= 15 is 0 Å². The van der Waals surface area contributed by atoms with E-state index in [1.165, 1.54) is 6.92 Å². The molecule has 196 valence electrons. The second-order valence-corrected chi connectivity index (χ2v) is 9.69. The SMILES string of the molecule is CC(=O)Nc1cccc([C@@H]2O[C@H](CN(C)[C@@H](C)[C@H](O)c3ccccc3)C[C@H](c3ccc(CO)cc3)O2)c1. The first kappa shape index (κ1) is 27.0. The van der Waals surface area contributed by atoms with Crippen LogP contribution in [0.3, 0.4) is 0 Å². The molecule has 37 heavy (non-hydrogen) atoms. The van der Waals surface area contributed by atoms with Crippen molar-refractivity contribution in [3.8, 4) is 0 Å². The van der Waals surface area contributed by atoms with Crippen molar-refractivity contribution >= 4 is 11.6 Å². The van der Waals surface area contributed by atoms with Crippen molar-refractivity contribution in [3.05, 3.63) is 101 Å². The highest BCUT2D eigenvalue weighted by molar-refractivity contribution is 5.88. The van der Waals surface area contributed by atoms with Crippen LogP contribution in [0.15, 0.2) is 78.9 Å². The largest absolute Gasteiger partial charge is 0.392 e. The van der Waals surface area contributed by atoms with Gasteiger partial charge < -0.3 is 25.0 Å². The molecule has 0 unspecified atom stereocenters. The Hall–Kier alpha value is -3.07. The molecular formula is C30H36N2O5. The number of nitrogens with zero attached hydrogens (tertiary/aromatic N) is 1. The van der Waals surface area contributed by atoms with Gasteiger partial charge in [-0.2, -0.15) is 0 Å². The van der Waals surface area contributed by atoms with Gasteiger partial charge >= 0.3 is 0 Å². The molecule has 4 rings (SSSR count). The van der Waals surface area contributed by atoms with Crippen LogP contribution in [-0.2, 0) is 20.9 Å². The molecule has 3 N–H and O–H groups in total. The van der Waals surface area contributed by atoms with Crippen molar-refractivity contribution in [1.29, 1.82) is 0 Å². The summed E-state index contributed by atoms with van der Waals surface area (Å²) in [6.45, 7) is 4.07. The van der Waals surface area contributed by atoms with Crippen molar-refractivity contribution in [1.82, 2.24) is 4.90 Å². The Morgan fingerprint density at radius 2 is 1.76 bits per heavy atom. The molecule has 7 heteroatoms. The summed E-state index contributed by atoms with van der Waals surface area (Å²) in [6.07, 6.45) is -1.00. The number of hydrogen-bond acceptors (Lipinski definition) is 6. The third-order valence-electron chi connectivity index (χ3n) is 6.88. The van der Waals surface area contributed by atoms with Crippen LogP contribution in [-0.4, -0.2) is 46.8 Å². The van der Waals surface area contributed by atoms with Crippen LogP contribution in [0.1, 0.15) is 61.0 Å². The molecule has 1 aliphatic heterocycles. The molecule has 0 aromatic heterocycles. The average Bonchev–Trinajstić information content (AvgIpc) is 2.92. The number of anilines is 1. The highest BCUT2D eigenvalue weighted by atomic mass is 16.7. The Kier molecular flexibility index (Phi) is 9.08. The summed E-state index contributed by atoms with van der Waals surface area (Å²) in [6, 6.07) is 24.8. The van der Waals surface area contributed by atoms with E-state index in [-0.39, 0.29) is 30.8 Å². The predicted octanol–water partition coefficient (Wildman–Crippen LogP) is 4.74. The van der Waals surface area contributed by atoms with Gasteiger partial charge in [0.05, 0.1) is 24.9 Å². The minimum Gasteiger partial charge on any atom is -0.392 e. The summed E-state index contributed by atoms with van der Waals surface area (Å²) in [5.41, 5.74) is 4.22. The van der Waals surface area contributed by atoms with E-state index in [2.05, 4.69) is 10.2 Å². The van der Waals surface area contributed by atoms with Crippen molar-refractivity contribution in [2.75, 3.05) is 18.9 Å². The van der Waals surface area contributed by atoms with Crippen molar-refractivity contribution in [3.63, 3.8) is 0 Å². The summed E-state index contributed by atoms with van der Waals surface area (Å²) in [7, 11) is 1.99. The number of carbonyl (C=O) groups excluding carboxylic acids is 1. The molecule has 1 saturated heterocycles. The van der Waals surface area contributed by atoms with Crippen molar-refractivity contribution in [2.24, 2.45) is 0 Å². The number of likely N-dealkylation sites (N-methyl/N-ethyl adjacent to an activating group) is 1. The molecular weight excluding hydrogens is 468 g/mol. The van der Waals surface area contributed by atoms with E-state index in [1.807, 2.05) is 92.8 Å². The summed E-state index contributed by atoms with van der Waals surface area (Å²) in [5.74, 6) is -0.144. The lowest BCUT2D eigenvalue weighted by molar-refractivity contribution is -0.253. The fourth-order valence-corrected chi connectivity index (χ4v) is 4.66. The Morgan fingerprint density at radius 1 is 1.03 bits per heavy atom. The fourth-order valence-electron chi connectivity index (χ4n) is 4.66. The second-order valence-electron chi connectivity index (χ2n) is 9.69. The standard InChI is InChI=1S/C30H36N2O5/c1-20(29(35)24-8-5-4-6-9-24)32(3)18-27-17-28(23-14-12-22(19-33)13-15-23)37-30(36-27)25-10-7-11-26(16-25)31-21(2)34/h4-16,20,27-30,33,35H,17-19H2,1-3H3,(H,31,34)/t20-,27-,28+,29-,30+/m0/s1. The van der Waals surface area contributed by atoms with Crippen LogP contribution in [0.2, 0.25) is 0 Å². The molecule has 0 aliphatic carbocycles. The fraction of sp³-hybridized carbons (Fsp3) is 0.367. The van der Waals surface area contributed by atoms with Crippen molar-refractivity contribution in [2.45, 2.75) is 57.5 Å². The van der Waals surface area contributed by atoms with Crippen LogP contribution >= 0.6 is 0 Å². The number of aliphatic hydroxyl groups is 2. The maximum atomic E-state index is 11.6. The molecule has 7 nitrogen and oxygen atoms in total. The minimum atomic E-state index is -0.627. The number of benzene rings is 3. The van der Waals surface area contributed by atoms with Crippen LogP contribution in [0, 0.1) is 0 Å². The van der Waals surface area contributed by atoms with Crippen LogP contribution < -0.4 is 5.32 Å². The first-order valence-corrected chi connectivity index (χ1v) is 12.7. The molecule has 3 aromatic carbocycles. The zero-order valence-corrected chi connectivity index (χ0v) is 21.6. The number of rotatable bonds is 9. The van der Waals surface area contributed by atoms with Gasteiger partial charge in [0, 0.05) is 37.2 Å². The zero-order valence-electron chi connectivity index (χ0n) is 21.6. The zero-order chi connectivity index (χ0) is 26.4. The molecule has 5 atom stereocenters. The number of ether oxygens (including phenoxy) is 2. The molecule has 0 radical (unpaired) electrons. The van der Waals surface area contributed by atoms with Gasteiger partial charge in [-0.1, -0.05) is 66.7 Å². The monoisotopic (exact) mass is 504 g/mol. The van der Waals surface area contributed by atoms with E-state index in [0.717, 1.165) is 22.3 Å². The topological polar surface area (TPSA) is 91.3 Å². The molecule has 1 aliphatic rings. The Bertz CT molecular complexity index is 1150. The lowest BCUT2D eigenvalue weighted by atomic mass is 9.98. The molecule has 0 saturated carbocycles. The van der Waals surface area contributed by atoms with E-state index in [1.54, 1.807) is 0 Å². The van der Waals surface area contributed by atoms with E-state index in [0.29, 0.717) is 18.7 Å². The van der Waals surface area contributed by atoms with Crippen LogP contribution in [0.5, 0.6) is 0 Å². The summed E-state index contributed by atoms with van der Waals surface area (Å²) >= 11 is 0. The van der Waals surface area contributed by atoms with Gasteiger partial charge in [-0.15, -0.1) is 0 Å². The van der Waals surface area contributed by atoms with E-state index < -0.39 is 12.4 Å². The van der Waals surface area contributed by atoms with Gasteiger partial charge in [0.15, 0.2) is 6.29 Å². The Morgan fingerprint density at radius 3 is 2.43 bits per heavy atom. The summed E-state index contributed by atoms with van der Waals surface area (Å²) in [4.78, 5) is 13.7. The van der Waals surface area contributed by atoms with E-state index in [9.17, 15) is 15.0 Å². The normalized spacial score (nSPS) is 21.4. The van der Waals surface area contributed by atoms with Gasteiger partial charge in [-0.3, -0.25) is 9.69 Å². The van der Waals surface area contributed by atoms with Gasteiger partial charge in [-0.25, -0.2) is 0 Å². The number of nitrogens with one attached hydrogen (secondary N) is 1. The van der Waals surface area contributed by atoms with E-state index in [4.69, 9.17) is 9.47 Å². The maximum absolute atomic E-state index is 11.6. The lowest BCUT2D eigenvalue weighted by Crippen LogP contribution is -2.43. The van der Waals surface area contributed by atoms with Crippen molar-refractivity contribution < 1.29 is 24.5 Å². The first-order valence-electron chi connectivity index (χ1n) is 12.7. The molecule has 1 amide bonds. The minimum absolute atomic E-state index is 0.0114. The average molecular weight is 505 g/mol. The number of amides is 1. The smallest absolute Gasteiger partial charge is 0.221 e. The third kappa shape index (κ3) is 7.03. The molecule has 0 spiro atoms. The second kappa shape index (κ2) is 12.4. The summed E-state index contributed by atoms with van der Waals surface area (Å²) in [5, 5.41) is 23.2. The highest BCUT2D eigenvalue weighted by Gasteiger charge is 2.34. The van der Waals surface area contributed by atoms with Gasteiger partial charge in [0.1, 0.15) is 0 Å². The predicted molar refractivity (Wildman–Crippen MR) is 143 cm³/mol. The van der Waals surface area contributed by atoms with Crippen LogP contribution in [0.4, 0.5) is 5.69 Å². The maximum Gasteiger partial charge on any atom is 0.221 e. The number of aliphatic hydroxyl groups excluding tert-OH is 2. The molecule has 0 bridgehead atoms. The molecule has 1 heterocycles. The Balaban J connectivity index is 1.54. The number of carbonyl (C=O) groups is 1.